The Hall–Kier alpha value is -11.7. The molecule has 526 valence electrons. The molecule has 107 heavy (non-hydrogen) atoms. The van der Waals surface area contributed by atoms with E-state index in [-0.39, 0.29) is 10.8 Å². The maximum absolute atomic E-state index is 2.34. The highest BCUT2D eigenvalue weighted by Gasteiger charge is 2.22. The van der Waals surface area contributed by atoms with Gasteiger partial charge in [-0.15, -0.1) is 0 Å². The minimum absolute atomic E-state index is 0.146. The summed E-state index contributed by atoms with van der Waals surface area (Å²) in [5.41, 5.74) is 18.2. The average molecular weight is 1380 g/mol. The lowest BCUT2D eigenvalue weighted by atomic mass is 9.79. The second-order valence-electron chi connectivity index (χ2n) is 31.4. The second-order valence-corrected chi connectivity index (χ2v) is 31.4. The molecule has 19 aromatic rings. The van der Waals surface area contributed by atoms with Gasteiger partial charge in [-0.3, -0.25) is 0 Å². The van der Waals surface area contributed by atoms with Crippen LogP contribution in [0.4, 0.5) is 0 Å². The molecule has 0 bridgehead atoms. The highest BCUT2D eigenvalue weighted by molar-refractivity contribution is 6.15. The van der Waals surface area contributed by atoms with Crippen LogP contribution >= 0.6 is 0 Å². The van der Waals surface area contributed by atoms with E-state index < -0.39 is 0 Å². The van der Waals surface area contributed by atoms with Gasteiger partial charge in [0.05, 0.1) is 0 Å². The van der Waals surface area contributed by atoms with Gasteiger partial charge in [-0.25, -0.2) is 0 Å². The average Bonchev–Trinajstić information content (AvgIpc) is 0.745. The Labute approximate surface area is 633 Å². The molecular formula is C107H98. The van der Waals surface area contributed by atoms with Gasteiger partial charge in [-0.1, -0.05) is 356 Å². The predicted octanol–water partition coefficient (Wildman–Crippen LogP) is 31.0. The third kappa shape index (κ3) is 14.6. The number of benzene rings is 19. The summed E-state index contributed by atoms with van der Waals surface area (Å²) in [4.78, 5) is 0. The molecule has 19 aromatic carbocycles. The maximum atomic E-state index is 2.34. The standard InChI is InChI=1S/C21H16.2C19H20.3C16H14/c1-15-17-11-5-7-13-19(17)21(16-9-3-2-4-10-16)20-14-8-6-12-18(15)20;1-13-14-9-5-7-11-16(14)18(19(2,3)4)17-12-8-6-10-15(13)17;1-13-17-8-6-5-7-14(17)11-15-12-16(19(2,3)4)9-10-18(13)15;1-11-13-7-3-5-9-15(13)12(2)16-10-6-4-8-14(11)16;1-11-7-8-16-12(2)15-6-4-3-5-13(15)10-14(16)9-11;1-11-7-8-14-10-13-5-3-4-6-15(13)12(2)16(14)9-11/h2-14H,1H3;2*5-12H,1-4H3;3*3-10H,1-2H3. The summed E-state index contributed by atoms with van der Waals surface area (Å²) in [5, 5.41) is 32.6. The smallest absolute Gasteiger partial charge is 0.00266 e. The molecule has 0 aliphatic carbocycles. The first-order valence-corrected chi connectivity index (χ1v) is 38.1. The Balaban J connectivity index is 0.000000108. The van der Waals surface area contributed by atoms with E-state index in [2.05, 4.69) is 425 Å². The fourth-order valence-corrected chi connectivity index (χ4v) is 16.6. The molecule has 0 aromatic heterocycles. The molecular weight excluding hydrogens is 1290 g/mol. The first-order valence-electron chi connectivity index (χ1n) is 38.1. The van der Waals surface area contributed by atoms with Gasteiger partial charge in [0.2, 0.25) is 0 Å². The lowest BCUT2D eigenvalue weighted by Crippen LogP contribution is -2.13. The molecule has 0 aliphatic rings. The van der Waals surface area contributed by atoms with Crippen molar-refractivity contribution in [2.45, 2.75) is 115 Å². The van der Waals surface area contributed by atoms with Gasteiger partial charge >= 0.3 is 0 Å². The Morgan fingerprint density at radius 2 is 0.430 bits per heavy atom. The summed E-state index contributed by atoms with van der Waals surface area (Å²) in [7, 11) is 0. The maximum Gasteiger partial charge on any atom is -0.00266 e. The summed E-state index contributed by atoms with van der Waals surface area (Å²) in [6, 6.07) is 116. The Morgan fingerprint density at radius 1 is 0.168 bits per heavy atom. The fourth-order valence-electron chi connectivity index (χ4n) is 16.6. The van der Waals surface area contributed by atoms with Crippen LogP contribution in [-0.2, 0) is 10.8 Å². The summed E-state index contributed by atoms with van der Waals surface area (Å²) in [6.07, 6.45) is 0. The zero-order valence-corrected chi connectivity index (χ0v) is 65.1. The third-order valence-electron chi connectivity index (χ3n) is 22.3. The normalized spacial score (nSPS) is 11.5. The van der Waals surface area contributed by atoms with Crippen LogP contribution in [0.1, 0.15) is 103 Å². The van der Waals surface area contributed by atoms with Crippen molar-refractivity contribution in [2.75, 3.05) is 0 Å². The molecule has 0 saturated carbocycles. The van der Waals surface area contributed by atoms with Crippen LogP contribution in [-0.4, -0.2) is 0 Å². The van der Waals surface area contributed by atoms with Crippen molar-refractivity contribution in [2.24, 2.45) is 0 Å². The summed E-state index contributed by atoms with van der Waals surface area (Å²) in [5.74, 6) is 0. The lowest BCUT2D eigenvalue weighted by Gasteiger charge is -2.25. The molecule has 0 spiro atoms. The largest absolute Gasteiger partial charge is 0.0622 e. The first kappa shape index (κ1) is 72.3. The monoisotopic (exact) mass is 1380 g/mol. The number of hydrogen-bond acceptors (Lipinski definition) is 0. The molecule has 0 unspecified atom stereocenters. The van der Waals surface area contributed by atoms with E-state index >= 15 is 0 Å². The quantitative estimate of drug-likeness (QED) is 0.144. The van der Waals surface area contributed by atoms with Gasteiger partial charge in [0, 0.05) is 0 Å². The third-order valence-corrected chi connectivity index (χ3v) is 22.3. The van der Waals surface area contributed by atoms with Crippen molar-refractivity contribution in [1.29, 1.82) is 0 Å². The van der Waals surface area contributed by atoms with Crippen LogP contribution < -0.4 is 0 Å². The van der Waals surface area contributed by atoms with Gasteiger partial charge in [-0.05, 0) is 282 Å². The van der Waals surface area contributed by atoms with Crippen LogP contribution in [0.25, 0.3) is 140 Å². The van der Waals surface area contributed by atoms with Crippen molar-refractivity contribution < 1.29 is 0 Å². The predicted molar refractivity (Wildman–Crippen MR) is 474 cm³/mol. The SMILES string of the molecule is Cc1c2ccccc2c(-c2ccccc2)c2ccccc12.Cc1c2ccccc2c(C(C)(C)C)c2ccccc12.Cc1c2ccccc2c(C)c2ccccc12.Cc1c2ccccc2cc2cc(C(C)(C)C)ccc12.Cc1ccc2c(C)c3ccccc3cc2c1.Cc1ccc2cc3ccccc3c(C)c2c1. The number of rotatable bonds is 1. The number of fused-ring (bicyclic) bond motifs is 12. The van der Waals surface area contributed by atoms with Crippen molar-refractivity contribution in [3.05, 3.63) is 383 Å². The zero-order chi connectivity index (χ0) is 74.8. The Bertz CT molecular complexity index is 6310. The molecule has 0 aliphatic heterocycles. The van der Waals surface area contributed by atoms with Crippen molar-refractivity contribution >= 4 is 129 Å². The van der Waals surface area contributed by atoms with E-state index in [9.17, 15) is 0 Å². The van der Waals surface area contributed by atoms with E-state index in [1.165, 1.54) is 202 Å². The van der Waals surface area contributed by atoms with Gasteiger partial charge in [-0.2, -0.15) is 0 Å². The molecule has 19 rings (SSSR count). The highest BCUT2D eigenvalue weighted by Crippen LogP contribution is 2.42. The molecule has 0 radical (unpaired) electrons. The van der Waals surface area contributed by atoms with Crippen LogP contribution in [0.5, 0.6) is 0 Å². The minimum Gasteiger partial charge on any atom is -0.0622 e. The molecule has 0 saturated heterocycles. The summed E-state index contributed by atoms with van der Waals surface area (Å²) >= 11 is 0. The van der Waals surface area contributed by atoms with Gasteiger partial charge in [0.25, 0.3) is 0 Å². The summed E-state index contributed by atoms with van der Waals surface area (Å²) < 4.78 is 0. The minimum atomic E-state index is 0.146. The van der Waals surface area contributed by atoms with Crippen molar-refractivity contribution in [1.82, 2.24) is 0 Å². The van der Waals surface area contributed by atoms with Crippen LogP contribution in [0.3, 0.4) is 0 Å². The number of aryl methyl sites for hydroxylation is 9. The van der Waals surface area contributed by atoms with Crippen LogP contribution in [0.15, 0.2) is 322 Å². The van der Waals surface area contributed by atoms with Crippen LogP contribution in [0, 0.1) is 62.3 Å². The van der Waals surface area contributed by atoms with Gasteiger partial charge < -0.3 is 0 Å². The van der Waals surface area contributed by atoms with Crippen molar-refractivity contribution in [3.63, 3.8) is 0 Å². The molecule has 0 heterocycles. The first-order chi connectivity index (χ1) is 51.6. The lowest BCUT2D eigenvalue weighted by molar-refractivity contribution is 0.591. The molecule has 0 atom stereocenters. The Kier molecular flexibility index (Phi) is 20.5. The van der Waals surface area contributed by atoms with Gasteiger partial charge in [0.1, 0.15) is 0 Å². The van der Waals surface area contributed by atoms with E-state index in [1.54, 1.807) is 0 Å². The molecule has 0 heteroatoms. The molecule has 0 N–H and O–H groups in total. The van der Waals surface area contributed by atoms with E-state index in [4.69, 9.17) is 0 Å². The van der Waals surface area contributed by atoms with E-state index in [0.717, 1.165) is 0 Å². The second kappa shape index (κ2) is 30.4. The molecule has 0 amide bonds. The van der Waals surface area contributed by atoms with Gasteiger partial charge in [0.15, 0.2) is 0 Å². The van der Waals surface area contributed by atoms with Crippen molar-refractivity contribution in [3.8, 4) is 11.1 Å². The Morgan fingerprint density at radius 3 is 0.822 bits per heavy atom. The summed E-state index contributed by atoms with van der Waals surface area (Å²) in [6.45, 7) is 33.5. The van der Waals surface area contributed by atoms with Crippen LogP contribution in [0.2, 0.25) is 0 Å². The topological polar surface area (TPSA) is 0 Å². The highest BCUT2D eigenvalue weighted by atomic mass is 14.3. The number of hydrogen-bond donors (Lipinski definition) is 0. The fraction of sp³-hybridized carbons (Fsp3) is 0.159. The molecule has 0 nitrogen and oxygen atoms in total. The zero-order valence-electron chi connectivity index (χ0n) is 65.1. The molecule has 0 fully saturated rings. The van der Waals surface area contributed by atoms with E-state index in [1.807, 2.05) is 0 Å². The van der Waals surface area contributed by atoms with E-state index in [0.29, 0.717) is 0 Å².